The molecular weight excluding hydrogens is 372 g/mol. The molecule has 0 unspecified atom stereocenters. The Bertz CT molecular complexity index is 1080. The topological polar surface area (TPSA) is 44.2 Å². The summed E-state index contributed by atoms with van der Waals surface area (Å²) in [6, 6.07) is 22.8. The number of nitrogens with zero attached hydrogens (tertiary/aromatic N) is 2. The molecule has 0 saturated heterocycles. The van der Waals surface area contributed by atoms with E-state index in [0.29, 0.717) is 29.1 Å². The molecule has 140 valence electrons. The first kappa shape index (κ1) is 18.3. The van der Waals surface area contributed by atoms with Crippen molar-refractivity contribution in [2.45, 2.75) is 13.3 Å². The smallest absolute Gasteiger partial charge is 0.230 e. The van der Waals surface area contributed by atoms with Gasteiger partial charge < -0.3 is 9.47 Å². The van der Waals surface area contributed by atoms with Crippen molar-refractivity contribution >= 4 is 22.5 Å². The molecule has 0 spiro atoms. The highest BCUT2D eigenvalue weighted by Gasteiger charge is 2.11. The Morgan fingerprint density at radius 1 is 0.821 bits per heavy atom. The highest BCUT2D eigenvalue weighted by molar-refractivity contribution is 6.30. The SMILES string of the molecule is CCCOc1ccc(-c2nc(Oc3ccc(Cl)cc3)c3ccccc3n2)cc1. The van der Waals surface area contributed by atoms with E-state index in [0.717, 1.165) is 28.6 Å². The minimum atomic E-state index is 0.509. The van der Waals surface area contributed by atoms with Crippen LogP contribution in [0.1, 0.15) is 13.3 Å². The highest BCUT2D eigenvalue weighted by Crippen LogP contribution is 2.31. The first-order chi connectivity index (χ1) is 13.7. The summed E-state index contributed by atoms with van der Waals surface area (Å²) in [6.07, 6.45) is 0.973. The molecule has 0 amide bonds. The third kappa shape index (κ3) is 4.07. The summed E-state index contributed by atoms with van der Waals surface area (Å²) in [6.45, 7) is 2.78. The van der Waals surface area contributed by atoms with Gasteiger partial charge in [0.1, 0.15) is 11.5 Å². The van der Waals surface area contributed by atoms with Gasteiger partial charge in [0.25, 0.3) is 0 Å². The second-order valence-electron chi connectivity index (χ2n) is 6.30. The van der Waals surface area contributed by atoms with Crippen molar-refractivity contribution in [1.82, 2.24) is 9.97 Å². The lowest BCUT2D eigenvalue weighted by molar-refractivity contribution is 0.317. The number of rotatable bonds is 6. The average Bonchev–Trinajstić information content (AvgIpc) is 2.74. The van der Waals surface area contributed by atoms with Gasteiger partial charge in [-0.2, -0.15) is 4.98 Å². The van der Waals surface area contributed by atoms with Crippen molar-refractivity contribution in [3.05, 3.63) is 77.8 Å². The minimum Gasteiger partial charge on any atom is -0.494 e. The molecule has 0 aliphatic heterocycles. The summed E-state index contributed by atoms with van der Waals surface area (Å²) >= 11 is 5.97. The first-order valence-corrected chi connectivity index (χ1v) is 9.54. The van der Waals surface area contributed by atoms with Crippen LogP contribution < -0.4 is 9.47 Å². The Balaban J connectivity index is 1.72. The number of benzene rings is 3. The predicted octanol–water partition coefficient (Wildman–Crippen LogP) is 6.53. The Morgan fingerprint density at radius 2 is 1.54 bits per heavy atom. The van der Waals surface area contributed by atoms with Crippen molar-refractivity contribution in [3.63, 3.8) is 0 Å². The Labute approximate surface area is 168 Å². The monoisotopic (exact) mass is 390 g/mol. The molecule has 0 bridgehead atoms. The lowest BCUT2D eigenvalue weighted by Crippen LogP contribution is -1.97. The van der Waals surface area contributed by atoms with Gasteiger partial charge >= 0.3 is 0 Å². The van der Waals surface area contributed by atoms with Gasteiger partial charge in [0.05, 0.1) is 17.5 Å². The van der Waals surface area contributed by atoms with E-state index in [9.17, 15) is 0 Å². The number of hydrogen-bond donors (Lipinski definition) is 0. The highest BCUT2D eigenvalue weighted by atomic mass is 35.5. The van der Waals surface area contributed by atoms with Crippen molar-refractivity contribution < 1.29 is 9.47 Å². The van der Waals surface area contributed by atoms with Crippen LogP contribution in [-0.4, -0.2) is 16.6 Å². The number of hydrogen-bond acceptors (Lipinski definition) is 4. The van der Waals surface area contributed by atoms with E-state index in [4.69, 9.17) is 26.1 Å². The zero-order chi connectivity index (χ0) is 19.3. The van der Waals surface area contributed by atoms with E-state index in [1.807, 2.05) is 60.7 Å². The van der Waals surface area contributed by atoms with Crippen LogP contribution in [0.25, 0.3) is 22.3 Å². The van der Waals surface area contributed by atoms with Gasteiger partial charge in [-0.25, -0.2) is 4.98 Å². The van der Waals surface area contributed by atoms with Crippen LogP contribution in [0, 0.1) is 0 Å². The average molecular weight is 391 g/mol. The zero-order valence-corrected chi connectivity index (χ0v) is 16.2. The molecule has 1 heterocycles. The second kappa shape index (κ2) is 8.28. The van der Waals surface area contributed by atoms with Gasteiger partial charge in [-0.15, -0.1) is 0 Å². The van der Waals surface area contributed by atoms with Gasteiger partial charge in [-0.3, -0.25) is 0 Å². The summed E-state index contributed by atoms with van der Waals surface area (Å²) in [7, 11) is 0. The maximum Gasteiger partial charge on any atom is 0.230 e. The van der Waals surface area contributed by atoms with Crippen LogP contribution in [0.2, 0.25) is 5.02 Å². The maximum atomic E-state index is 6.05. The number of fused-ring (bicyclic) bond motifs is 1. The van der Waals surface area contributed by atoms with E-state index in [-0.39, 0.29) is 0 Å². The van der Waals surface area contributed by atoms with E-state index in [2.05, 4.69) is 11.9 Å². The summed E-state index contributed by atoms with van der Waals surface area (Å²) in [4.78, 5) is 9.37. The second-order valence-corrected chi connectivity index (χ2v) is 6.73. The maximum absolute atomic E-state index is 6.05. The molecule has 0 atom stereocenters. The number of aromatic nitrogens is 2. The van der Waals surface area contributed by atoms with Crippen LogP contribution in [0.4, 0.5) is 0 Å². The molecule has 0 aliphatic carbocycles. The summed E-state index contributed by atoms with van der Waals surface area (Å²) in [5, 5.41) is 1.51. The quantitative estimate of drug-likeness (QED) is 0.375. The lowest BCUT2D eigenvalue weighted by atomic mass is 10.2. The first-order valence-electron chi connectivity index (χ1n) is 9.16. The molecule has 0 radical (unpaired) electrons. The third-order valence-electron chi connectivity index (χ3n) is 4.18. The number of para-hydroxylation sites is 1. The van der Waals surface area contributed by atoms with E-state index in [1.54, 1.807) is 12.1 Å². The molecule has 0 N–H and O–H groups in total. The van der Waals surface area contributed by atoms with Crippen LogP contribution in [-0.2, 0) is 0 Å². The normalized spacial score (nSPS) is 10.8. The predicted molar refractivity (Wildman–Crippen MR) is 112 cm³/mol. The van der Waals surface area contributed by atoms with E-state index < -0.39 is 0 Å². The minimum absolute atomic E-state index is 0.509. The molecule has 3 aromatic carbocycles. The van der Waals surface area contributed by atoms with Crippen molar-refractivity contribution in [2.75, 3.05) is 6.61 Å². The fourth-order valence-corrected chi connectivity index (χ4v) is 2.91. The fourth-order valence-electron chi connectivity index (χ4n) is 2.79. The molecule has 0 fully saturated rings. The molecule has 0 aliphatic rings. The van der Waals surface area contributed by atoms with Crippen LogP contribution >= 0.6 is 11.6 Å². The van der Waals surface area contributed by atoms with Gasteiger partial charge in [0, 0.05) is 10.6 Å². The zero-order valence-electron chi connectivity index (χ0n) is 15.4. The van der Waals surface area contributed by atoms with Crippen LogP contribution in [0.15, 0.2) is 72.8 Å². The molecule has 28 heavy (non-hydrogen) atoms. The molecule has 1 aromatic heterocycles. The van der Waals surface area contributed by atoms with E-state index in [1.165, 1.54) is 0 Å². The molecule has 0 saturated carbocycles. The van der Waals surface area contributed by atoms with Gasteiger partial charge in [0.2, 0.25) is 5.88 Å². The Hall–Kier alpha value is -3.11. The fraction of sp³-hybridized carbons (Fsp3) is 0.130. The number of halogens is 1. The summed E-state index contributed by atoms with van der Waals surface area (Å²) in [5.74, 6) is 2.62. The largest absolute Gasteiger partial charge is 0.494 e. The van der Waals surface area contributed by atoms with Crippen molar-refractivity contribution in [1.29, 1.82) is 0 Å². The van der Waals surface area contributed by atoms with E-state index >= 15 is 0 Å². The van der Waals surface area contributed by atoms with Gasteiger partial charge in [-0.1, -0.05) is 30.7 Å². The summed E-state index contributed by atoms with van der Waals surface area (Å²) in [5.41, 5.74) is 1.72. The molecule has 5 heteroatoms. The Kier molecular flexibility index (Phi) is 5.40. The van der Waals surface area contributed by atoms with Crippen LogP contribution in [0.3, 0.4) is 0 Å². The Morgan fingerprint density at radius 3 is 2.29 bits per heavy atom. The molecule has 4 aromatic rings. The third-order valence-corrected chi connectivity index (χ3v) is 4.43. The number of ether oxygens (including phenoxy) is 2. The molecule has 4 nitrogen and oxygen atoms in total. The van der Waals surface area contributed by atoms with Crippen LogP contribution in [0.5, 0.6) is 17.4 Å². The van der Waals surface area contributed by atoms with Gasteiger partial charge in [-0.05, 0) is 67.1 Å². The van der Waals surface area contributed by atoms with Crippen molar-refractivity contribution in [3.8, 4) is 28.8 Å². The van der Waals surface area contributed by atoms with Gasteiger partial charge in [0.15, 0.2) is 5.82 Å². The molecular formula is C23H19ClN2O2. The standard InChI is InChI=1S/C23H19ClN2O2/c1-2-15-27-18-11-7-16(8-12-18)22-25-21-6-4-3-5-20(21)23(26-22)28-19-13-9-17(24)10-14-19/h3-14H,2,15H2,1H3. The lowest BCUT2D eigenvalue weighted by Gasteiger charge is -2.11. The molecule has 4 rings (SSSR count). The summed E-state index contributed by atoms with van der Waals surface area (Å²) < 4.78 is 11.7. The van der Waals surface area contributed by atoms with Crippen molar-refractivity contribution in [2.24, 2.45) is 0 Å².